The van der Waals surface area contributed by atoms with E-state index in [1.165, 1.54) is 0 Å². The summed E-state index contributed by atoms with van der Waals surface area (Å²) in [5.41, 5.74) is 1.82. The minimum absolute atomic E-state index is 0.0449. The van der Waals surface area contributed by atoms with Crippen LogP contribution < -0.4 is 4.74 Å². The van der Waals surface area contributed by atoms with Crippen LogP contribution >= 0.6 is 0 Å². The van der Waals surface area contributed by atoms with E-state index >= 15 is 0 Å². The maximum absolute atomic E-state index is 13.4. The van der Waals surface area contributed by atoms with Gasteiger partial charge in [-0.3, -0.25) is 19.4 Å². The Hall–Kier alpha value is -3.17. The molecule has 1 atom stereocenters. The molecule has 1 aromatic carbocycles. The number of hydrogen-bond donors (Lipinski definition) is 0. The predicted molar refractivity (Wildman–Crippen MR) is 131 cm³/mol. The van der Waals surface area contributed by atoms with Crippen LogP contribution in [-0.2, 0) is 9.59 Å². The van der Waals surface area contributed by atoms with Crippen LogP contribution in [0.4, 0.5) is 0 Å². The number of hydrazone groups is 1. The molecular weight excluding hydrogens is 446 g/mol. The monoisotopic (exact) mass is 479 g/mol. The van der Waals surface area contributed by atoms with Crippen molar-refractivity contribution in [2.45, 2.75) is 25.3 Å². The molecule has 2 saturated heterocycles. The van der Waals surface area contributed by atoms with Crippen molar-refractivity contribution in [3.63, 3.8) is 0 Å². The molecule has 9 heteroatoms. The van der Waals surface area contributed by atoms with E-state index in [-0.39, 0.29) is 17.9 Å². The lowest BCUT2D eigenvalue weighted by Crippen LogP contribution is -2.51. The highest BCUT2D eigenvalue weighted by Crippen LogP contribution is 2.33. The molecule has 0 radical (unpaired) electrons. The molecule has 0 spiro atoms. The first-order valence-electron chi connectivity index (χ1n) is 12.4. The zero-order valence-corrected chi connectivity index (χ0v) is 20.3. The second-order valence-corrected chi connectivity index (χ2v) is 9.39. The summed E-state index contributed by atoms with van der Waals surface area (Å²) in [7, 11) is 1.64. The number of ether oxygens (including phenoxy) is 1. The molecule has 0 saturated carbocycles. The Labute approximate surface area is 205 Å². The predicted octanol–water partition coefficient (Wildman–Crippen LogP) is 2.21. The Balaban J connectivity index is 1.20. The van der Waals surface area contributed by atoms with Crippen molar-refractivity contribution >= 4 is 17.5 Å². The maximum atomic E-state index is 13.4. The van der Waals surface area contributed by atoms with Gasteiger partial charge in [0.15, 0.2) is 0 Å². The standard InChI is InChI=1S/C26H33N5O4/c1-34-21-8-6-20(7-9-21)22-17-23(24-5-4-16-35-24)31(27-22)26(33)19-29-14-12-28(13-15-29)18-25(32)30-10-2-3-11-30/h4-9,16,23H,2-3,10-15,17-19H2,1H3/t23-/m0/s1. The van der Waals surface area contributed by atoms with E-state index in [0.717, 1.165) is 74.9 Å². The molecule has 0 unspecified atom stereocenters. The third-order valence-corrected chi connectivity index (χ3v) is 7.10. The molecule has 0 bridgehead atoms. The Morgan fingerprint density at radius 2 is 1.60 bits per heavy atom. The van der Waals surface area contributed by atoms with Crippen LogP contribution in [0, 0.1) is 0 Å². The fraction of sp³-hybridized carbons (Fsp3) is 0.500. The smallest absolute Gasteiger partial charge is 0.257 e. The van der Waals surface area contributed by atoms with Gasteiger partial charge in [-0.05, 0) is 54.8 Å². The van der Waals surface area contributed by atoms with Gasteiger partial charge in [0, 0.05) is 45.7 Å². The molecule has 35 heavy (non-hydrogen) atoms. The Morgan fingerprint density at radius 1 is 0.943 bits per heavy atom. The number of hydrogen-bond acceptors (Lipinski definition) is 7. The summed E-state index contributed by atoms with van der Waals surface area (Å²) >= 11 is 0. The minimum Gasteiger partial charge on any atom is -0.497 e. The molecule has 3 aliphatic heterocycles. The van der Waals surface area contributed by atoms with Crippen molar-refractivity contribution in [1.82, 2.24) is 19.7 Å². The van der Waals surface area contributed by atoms with Gasteiger partial charge in [0.2, 0.25) is 5.91 Å². The van der Waals surface area contributed by atoms with Crippen molar-refractivity contribution in [3.8, 4) is 5.75 Å². The van der Waals surface area contributed by atoms with E-state index in [4.69, 9.17) is 14.3 Å². The normalized spacial score (nSPS) is 21.4. The van der Waals surface area contributed by atoms with E-state index in [1.54, 1.807) is 18.4 Å². The van der Waals surface area contributed by atoms with Crippen LogP contribution in [0.1, 0.15) is 36.6 Å². The summed E-state index contributed by atoms with van der Waals surface area (Å²) < 4.78 is 10.9. The average molecular weight is 480 g/mol. The highest BCUT2D eigenvalue weighted by molar-refractivity contribution is 6.03. The van der Waals surface area contributed by atoms with Gasteiger partial charge < -0.3 is 14.1 Å². The van der Waals surface area contributed by atoms with Gasteiger partial charge in [-0.2, -0.15) is 5.10 Å². The van der Waals surface area contributed by atoms with Crippen molar-refractivity contribution in [1.29, 1.82) is 0 Å². The van der Waals surface area contributed by atoms with Crippen LogP contribution in [0.5, 0.6) is 5.75 Å². The number of benzene rings is 1. The van der Waals surface area contributed by atoms with Crippen molar-refractivity contribution < 1.29 is 18.7 Å². The number of carbonyl (C=O) groups is 2. The van der Waals surface area contributed by atoms with Gasteiger partial charge in [-0.25, -0.2) is 5.01 Å². The first kappa shape index (κ1) is 23.6. The highest BCUT2D eigenvalue weighted by atomic mass is 16.5. The van der Waals surface area contributed by atoms with E-state index in [0.29, 0.717) is 19.5 Å². The lowest BCUT2D eigenvalue weighted by Gasteiger charge is -2.35. The molecule has 0 N–H and O–H groups in total. The largest absolute Gasteiger partial charge is 0.497 e. The highest BCUT2D eigenvalue weighted by Gasteiger charge is 2.36. The molecule has 1 aromatic heterocycles. The SMILES string of the molecule is COc1ccc(C2=NN(C(=O)CN3CCN(CC(=O)N4CCCC4)CC3)[C@H](c3ccco3)C2)cc1. The molecule has 0 aliphatic carbocycles. The number of amides is 2. The van der Waals surface area contributed by atoms with Gasteiger partial charge in [-0.15, -0.1) is 0 Å². The second kappa shape index (κ2) is 10.6. The van der Waals surface area contributed by atoms with Crippen molar-refractivity contribution in [2.24, 2.45) is 5.10 Å². The number of piperazine rings is 1. The van der Waals surface area contributed by atoms with E-state index in [9.17, 15) is 9.59 Å². The van der Waals surface area contributed by atoms with Gasteiger partial charge in [-0.1, -0.05) is 0 Å². The average Bonchev–Trinajstić information content (AvgIpc) is 3.67. The lowest BCUT2D eigenvalue weighted by molar-refractivity contribution is -0.136. The molecule has 2 aromatic rings. The number of rotatable bonds is 7. The molecule has 3 aliphatic rings. The zero-order valence-electron chi connectivity index (χ0n) is 20.3. The van der Waals surface area contributed by atoms with Crippen LogP contribution in [0.2, 0.25) is 0 Å². The van der Waals surface area contributed by atoms with E-state index < -0.39 is 0 Å². The van der Waals surface area contributed by atoms with Crippen LogP contribution in [0.15, 0.2) is 52.2 Å². The van der Waals surface area contributed by atoms with Gasteiger partial charge in [0.05, 0.1) is 32.2 Å². The van der Waals surface area contributed by atoms with Crippen molar-refractivity contribution in [3.05, 3.63) is 54.0 Å². The fourth-order valence-electron chi connectivity index (χ4n) is 5.03. The summed E-state index contributed by atoms with van der Waals surface area (Å²) in [6, 6.07) is 11.2. The number of carbonyl (C=O) groups excluding carboxylic acids is 2. The van der Waals surface area contributed by atoms with Gasteiger partial charge in [0.25, 0.3) is 5.91 Å². The van der Waals surface area contributed by atoms with Crippen LogP contribution in [-0.4, -0.2) is 96.7 Å². The number of methoxy groups -OCH3 is 1. The van der Waals surface area contributed by atoms with E-state index in [1.807, 2.05) is 41.3 Å². The molecule has 9 nitrogen and oxygen atoms in total. The zero-order chi connectivity index (χ0) is 24.2. The number of likely N-dealkylation sites (tertiary alicyclic amines) is 1. The molecule has 4 heterocycles. The summed E-state index contributed by atoms with van der Waals surface area (Å²) in [5, 5.41) is 6.31. The molecule has 186 valence electrons. The lowest BCUT2D eigenvalue weighted by atomic mass is 10.0. The molecule has 2 fully saturated rings. The fourth-order valence-corrected chi connectivity index (χ4v) is 5.03. The Kier molecular flexibility index (Phi) is 7.15. The summed E-state index contributed by atoms with van der Waals surface area (Å²) in [6.07, 6.45) is 4.45. The Bertz CT molecular complexity index is 1040. The third kappa shape index (κ3) is 5.41. The van der Waals surface area contributed by atoms with Gasteiger partial charge >= 0.3 is 0 Å². The minimum atomic E-state index is -0.256. The summed E-state index contributed by atoms with van der Waals surface area (Å²) in [4.78, 5) is 32.1. The maximum Gasteiger partial charge on any atom is 0.257 e. The Morgan fingerprint density at radius 3 is 2.20 bits per heavy atom. The van der Waals surface area contributed by atoms with Gasteiger partial charge in [0.1, 0.15) is 17.6 Å². The first-order chi connectivity index (χ1) is 17.1. The summed E-state index contributed by atoms with van der Waals surface area (Å²) in [6.45, 7) is 5.64. The van der Waals surface area contributed by atoms with Crippen molar-refractivity contribution in [2.75, 3.05) is 59.5 Å². The quantitative estimate of drug-likeness (QED) is 0.606. The third-order valence-electron chi connectivity index (χ3n) is 7.10. The molecular formula is C26H33N5O4. The molecule has 5 rings (SSSR count). The second-order valence-electron chi connectivity index (χ2n) is 9.39. The topological polar surface area (TPSA) is 81.8 Å². The number of furan rings is 1. The molecule has 2 amide bonds. The number of nitrogens with zero attached hydrogens (tertiary/aromatic N) is 5. The van der Waals surface area contributed by atoms with E-state index in [2.05, 4.69) is 9.80 Å². The summed E-state index contributed by atoms with van der Waals surface area (Å²) in [5.74, 6) is 1.70. The first-order valence-corrected chi connectivity index (χ1v) is 12.4. The van der Waals surface area contributed by atoms with Crippen LogP contribution in [0.3, 0.4) is 0 Å². The van der Waals surface area contributed by atoms with Crippen LogP contribution in [0.25, 0.3) is 0 Å².